The van der Waals surface area contributed by atoms with Gasteiger partial charge in [-0.05, 0) is 31.2 Å². The van der Waals surface area contributed by atoms with Gasteiger partial charge in [-0.25, -0.2) is 13.1 Å². The van der Waals surface area contributed by atoms with Crippen molar-refractivity contribution in [1.29, 1.82) is 0 Å². The number of fused-ring (bicyclic) bond motifs is 1. The fraction of sp³-hybridized carbons (Fsp3) is 0.235. The average molecular weight is 363 g/mol. The first-order chi connectivity index (χ1) is 12.0. The number of sulfonamides is 1. The Morgan fingerprint density at radius 2 is 1.84 bits per heavy atom. The molecule has 0 saturated carbocycles. The minimum atomic E-state index is -4.06. The molecule has 1 amide bonds. The standard InChI is InChI=1S/C17H17NO6S/c1-2-22-14-6-4-3-5-13(14)17(19)18-25(20,21)12-7-8-15-16(11-12)24-10-9-23-15/h3-8,11H,2,9-10H2,1H3,(H,18,19). The van der Waals surface area contributed by atoms with Crippen molar-refractivity contribution in [3.63, 3.8) is 0 Å². The fourth-order valence-corrected chi connectivity index (χ4v) is 3.34. The highest BCUT2D eigenvalue weighted by Gasteiger charge is 2.23. The van der Waals surface area contributed by atoms with Crippen molar-refractivity contribution in [2.45, 2.75) is 11.8 Å². The van der Waals surface area contributed by atoms with Crippen LogP contribution in [-0.2, 0) is 10.0 Å². The number of benzene rings is 2. The molecule has 2 aromatic carbocycles. The smallest absolute Gasteiger partial charge is 0.268 e. The van der Waals surface area contributed by atoms with E-state index in [-0.39, 0.29) is 10.5 Å². The van der Waals surface area contributed by atoms with Crippen LogP contribution in [0.4, 0.5) is 0 Å². The number of carbonyl (C=O) groups excluding carboxylic acids is 1. The van der Waals surface area contributed by atoms with E-state index in [1.165, 1.54) is 24.3 Å². The molecule has 1 N–H and O–H groups in total. The van der Waals surface area contributed by atoms with Crippen molar-refractivity contribution in [1.82, 2.24) is 4.72 Å². The Morgan fingerprint density at radius 1 is 1.12 bits per heavy atom. The summed E-state index contributed by atoms with van der Waals surface area (Å²) in [6, 6.07) is 10.6. The quantitative estimate of drug-likeness (QED) is 0.873. The minimum absolute atomic E-state index is 0.0843. The van der Waals surface area contributed by atoms with Gasteiger partial charge in [-0.1, -0.05) is 12.1 Å². The first-order valence-corrected chi connectivity index (χ1v) is 9.18. The van der Waals surface area contributed by atoms with E-state index in [2.05, 4.69) is 4.72 Å². The first kappa shape index (κ1) is 17.1. The van der Waals surface area contributed by atoms with E-state index in [0.29, 0.717) is 37.1 Å². The van der Waals surface area contributed by atoms with Crippen molar-refractivity contribution in [3.05, 3.63) is 48.0 Å². The molecule has 0 aliphatic carbocycles. The maximum Gasteiger partial charge on any atom is 0.268 e. The van der Waals surface area contributed by atoms with Gasteiger partial charge >= 0.3 is 0 Å². The lowest BCUT2D eigenvalue weighted by Gasteiger charge is -2.19. The molecule has 0 fully saturated rings. The van der Waals surface area contributed by atoms with Crippen molar-refractivity contribution >= 4 is 15.9 Å². The van der Waals surface area contributed by atoms with Gasteiger partial charge in [0.1, 0.15) is 19.0 Å². The Balaban J connectivity index is 1.85. The second-order valence-corrected chi connectivity index (χ2v) is 6.85. The zero-order valence-corrected chi connectivity index (χ0v) is 14.3. The molecule has 8 heteroatoms. The molecular formula is C17H17NO6S. The van der Waals surface area contributed by atoms with Crippen LogP contribution in [0.5, 0.6) is 17.2 Å². The molecule has 0 aromatic heterocycles. The summed E-state index contributed by atoms with van der Waals surface area (Å²) in [6.07, 6.45) is 0. The zero-order chi connectivity index (χ0) is 17.9. The highest BCUT2D eigenvalue weighted by molar-refractivity contribution is 7.90. The Bertz CT molecular complexity index is 894. The highest BCUT2D eigenvalue weighted by Crippen LogP contribution is 2.32. The number of rotatable bonds is 5. The van der Waals surface area contributed by atoms with Gasteiger partial charge in [-0.2, -0.15) is 0 Å². The molecule has 0 saturated heterocycles. The predicted molar refractivity (Wildman–Crippen MR) is 89.7 cm³/mol. The third kappa shape index (κ3) is 3.69. The number of hydrogen-bond donors (Lipinski definition) is 1. The summed E-state index contributed by atoms with van der Waals surface area (Å²) >= 11 is 0. The topological polar surface area (TPSA) is 90.9 Å². The summed E-state index contributed by atoms with van der Waals surface area (Å²) in [7, 11) is -4.06. The van der Waals surface area contributed by atoms with Crippen LogP contribution in [0.15, 0.2) is 47.4 Å². The minimum Gasteiger partial charge on any atom is -0.493 e. The summed E-state index contributed by atoms with van der Waals surface area (Å²) in [5, 5.41) is 0. The van der Waals surface area contributed by atoms with Crippen LogP contribution >= 0.6 is 0 Å². The number of ether oxygens (including phenoxy) is 3. The Hall–Kier alpha value is -2.74. The van der Waals surface area contributed by atoms with Crippen LogP contribution in [0.25, 0.3) is 0 Å². The van der Waals surface area contributed by atoms with Crippen molar-refractivity contribution in [3.8, 4) is 17.2 Å². The van der Waals surface area contributed by atoms with E-state index in [1.54, 1.807) is 25.1 Å². The molecule has 7 nitrogen and oxygen atoms in total. The molecule has 0 spiro atoms. The molecule has 1 aliphatic heterocycles. The van der Waals surface area contributed by atoms with E-state index in [0.717, 1.165) is 0 Å². The molecule has 132 valence electrons. The Morgan fingerprint density at radius 3 is 2.60 bits per heavy atom. The number of carbonyl (C=O) groups is 1. The van der Waals surface area contributed by atoms with Crippen LogP contribution in [-0.4, -0.2) is 34.1 Å². The van der Waals surface area contributed by atoms with Crippen LogP contribution in [0.1, 0.15) is 17.3 Å². The molecule has 2 aromatic rings. The van der Waals surface area contributed by atoms with E-state index in [1.807, 2.05) is 0 Å². The largest absolute Gasteiger partial charge is 0.493 e. The summed E-state index contributed by atoms with van der Waals surface area (Å²) in [5.41, 5.74) is 0.144. The average Bonchev–Trinajstić information content (AvgIpc) is 2.61. The Kier molecular flexibility index (Phi) is 4.80. The van der Waals surface area contributed by atoms with Gasteiger partial charge in [0, 0.05) is 6.07 Å². The second kappa shape index (κ2) is 7.02. The number of para-hydroxylation sites is 1. The molecule has 25 heavy (non-hydrogen) atoms. The third-order valence-electron chi connectivity index (χ3n) is 3.48. The van der Waals surface area contributed by atoms with Gasteiger partial charge in [0.25, 0.3) is 15.9 Å². The van der Waals surface area contributed by atoms with Crippen molar-refractivity contribution in [2.24, 2.45) is 0 Å². The van der Waals surface area contributed by atoms with Gasteiger partial charge in [0.2, 0.25) is 0 Å². The van der Waals surface area contributed by atoms with Gasteiger partial charge < -0.3 is 14.2 Å². The zero-order valence-electron chi connectivity index (χ0n) is 13.5. The maximum absolute atomic E-state index is 12.5. The number of nitrogens with one attached hydrogen (secondary N) is 1. The van der Waals surface area contributed by atoms with Crippen molar-refractivity contribution < 1.29 is 27.4 Å². The molecule has 1 heterocycles. The van der Waals surface area contributed by atoms with E-state index < -0.39 is 15.9 Å². The summed E-state index contributed by atoms with van der Waals surface area (Å²) in [5.74, 6) is 0.355. The van der Waals surface area contributed by atoms with Crippen LogP contribution in [0.3, 0.4) is 0 Å². The lowest BCUT2D eigenvalue weighted by atomic mass is 10.2. The SMILES string of the molecule is CCOc1ccccc1C(=O)NS(=O)(=O)c1ccc2c(c1)OCCO2. The first-order valence-electron chi connectivity index (χ1n) is 7.70. The third-order valence-corrected chi connectivity index (χ3v) is 4.81. The lowest BCUT2D eigenvalue weighted by molar-refractivity contribution is 0.0977. The molecular weight excluding hydrogens is 346 g/mol. The molecule has 1 aliphatic rings. The van der Waals surface area contributed by atoms with E-state index >= 15 is 0 Å². The summed E-state index contributed by atoms with van der Waals surface area (Å²) in [6.45, 7) is 2.88. The fourth-order valence-electron chi connectivity index (χ4n) is 2.36. The van der Waals surface area contributed by atoms with Gasteiger partial charge in [-0.15, -0.1) is 0 Å². The van der Waals surface area contributed by atoms with Gasteiger partial charge in [-0.3, -0.25) is 4.79 Å². The Labute approximate surface area is 145 Å². The number of amides is 1. The normalized spacial score (nSPS) is 13.2. The molecule has 0 bridgehead atoms. The monoisotopic (exact) mass is 363 g/mol. The molecule has 3 rings (SSSR count). The van der Waals surface area contributed by atoms with Crippen LogP contribution in [0, 0.1) is 0 Å². The molecule has 0 atom stereocenters. The van der Waals surface area contributed by atoms with E-state index in [4.69, 9.17) is 14.2 Å². The number of hydrogen-bond acceptors (Lipinski definition) is 6. The second-order valence-electron chi connectivity index (χ2n) is 5.17. The highest BCUT2D eigenvalue weighted by atomic mass is 32.2. The van der Waals surface area contributed by atoms with Crippen molar-refractivity contribution in [2.75, 3.05) is 19.8 Å². The lowest BCUT2D eigenvalue weighted by Crippen LogP contribution is -2.31. The van der Waals surface area contributed by atoms with Gasteiger partial charge in [0.15, 0.2) is 11.5 Å². The summed E-state index contributed by atoms with van der Waals surface area (Å²) < 4.78 is 43.2. The maximum atomic E-state index is 12.5. The summed E-state index contributed by atoms with van der Waals surface area (Å²) in [4.78, 5) is 12.3. The molecule has 0 radical (unpaired) electrons. The van der Waals surface area contributed by atoms with Crippen LogP contribution < -0.4 is 18.9 Å². The van der Waals surface area contributed by atoms with E-state index in [9.17, 15) is 13.2 Å². The van der Waals surface area contributed by atoms with Crippen LogP contribution in [0.2, 0.25) is 0 Å². The van der Waals surface area contributed by atoms with Gasteiger partial charge in [0.05, 0.1) is 17.1 Å². The molecule has 0 unspecified atom stereocenters. The predicted octanol–water partition coefficient (Wildman–Crippen LogP) is 1.98.